The first kappa shape index (κ1) is 13.8. The molecule has 0 atom stereocenters. The van der Waals surface area contributed by atoms with Crippen molar-refractivity contribution in [1.82, 2.24) is 4.98 Å². The summed E-state index contributed by atoms with van der Waals surface area (Å²) in [6, 6.07) is 3.36. The zero-order valence-corrected chi connectivity index (χ0v) is 11.9. The average Bonchev–Trinajstić information content (AvgIpc) is 2.37. The molecule has 0 saturated carbocycles. The maximum atomic E-state index is 11.2. The third-order valence-electron chi connectivity index (χ3n) is 3.70. The van der Waals surface area contributed by atoms with Gasteiger partial charge in [-0.2, -0.15) is 0 Å². The largest absolute Gasteiger partial charge is 0.478 e. The third kappa shape index (κ3) is 3.25. The molecule has 1 aromatic rings. The van der Waals surface area contributed by atoms with Crippen LogP contribution in [0.15, 0.2) is 12.1 Å². The fourth-order valence-corrected chi connectivity index (χ4v) is 2.66. The molecule has 104 valence electrons. The molecule has 1 saturated heterocycles. The minimum absolute atomic E-state index is 0.269. The van der Waals surface area contributed by atoms with Gasteiger partial charge >= 0.3 is 5.97 Å². The van der Waals surface area contributed by atoms with Crippen LogP contribution in [-0.2, 0) is 6.42 Å². The van der Waals surface area contributed by atoms with Gasteiger partial charge in [-0.15, -0.1) is 0 Å². The van der Waals surface area contributed by atoms with Crippen molar-refractivity contribution in [2.75, 3.05) is 18.0 Å². The maximum Gasteiger partial charge on any atom is 0.335 e. The highest BCUT2D eigenvalue weighted by Gasteiger charge is 2.27. The number of rotatable bonds is 3. The van der Waals surface area contributed by atoms with E-state index in [9.17, 15) is 9.90 Å². The Hall–Kier alpha value is -1.58. The molecule has 19 heavy (non-hydrogen) atoms. The average molecular weight is 262 g/mol. The summed E-state index contributed by atoms with van der Waals surface area (Å²) in [4.78, 5) is 18.0. The van der Waals surface area contributed by atoms with Gasteiger partial charge in [-0.25, -0.2) is 9.78 Å². The second-order valence-electron chi connectivity index (χ2n) is 6.05. The Kier molecular flexibility index (Phi) is 3.78. The van der Waals surface area contributed by atoms with E-state index in [4.69, 9.17) is 0 Å². The van der Waals surface area contributed by atoms with Crippen molar-refractivity contribution < 1.29 is 9.90 Å². The van der Waals surface area contributed by atoms with Crippen LogP contribution in [0.25, 0.3) is 0 Å². The number of piperidine rings is 1. The van der Waals surface area contributed by atoms with Crippen LogP contribution in [0.5, 0.6) is 0 Å². The molecule has 4 nitrogen and oxygen atoms in total. The van der Waals surface area contributed by atoms with E-state index in [0.717, 1.165) is 37.4 Å². The van der Waals surface area contributed by atoms with Crippen LogP contribution < -0.4 is 4.90 Å². The number of carboxylic acids is 1. The lowest BCUT2D eigenvalue weighted by Crippen LogP contribution is -2.40. The van der Waals surface area contributed by atoms with Crippen LogP contribution >= 0.6 is 0 Å². The zero-order valence-electron chi connectivity index (χ0n) is 11.9. The number of aromatic carboxylic acids is 1. The molecule has 4 heteroatoms. The minimum Gasteiger partial charge on any atom is -0.478 e. The quantitative estimate of drug-likeness (QED) is 0.910. The molecule has 2 heterocycles. The maximum absolute atomic E-state index is 11.2. The second kappa shape index (κ2) is 5.19. The van der Waals surface area contributed by atoms with E-state index >= 15 is 0 Å². The van der Waals surface area contributed by atoms with Gasteiger partial charge in [0.15, 0.2) is 0 Å². The van der Waals surface area contributed by atoms with E-state index in [-0.39, 0.29) is 5.41 Å². The van der Waals surface area contributed by atoms with E-state index in [1.807, 2.05) is 6.92 Å². The predicted molar refractivity (Wildman–Crippen MR) is 75.8 cm³/mol. The summed E-state index contributed by atoms with van der Waals surface area (Å²) in [5.41, 5.74) is 1.45. The first-order valence-electron chi connectivity index (χ1n) is 6.90. The molecule has 0 aliphatic carbocycles. The Morgan fingerprint density at radius 2 is 2.21 bits per heavy atom. The monoisotopic (exact) mass is 262 g/mol. The van der Waals surface area contributed by atoms with Gasteiger partial charge in [-0.3, -0.25) is 0 Å². The molecule has 0 amide bonds. The van der Waals surface area contributed by atoms with Gasteiger partial charge in [0.1, 0.15) is 5.82 Å². The van der Waals surface area contributed by atoms with Crippen molar-refractivity contribution >= 4 is 11.8 Å². The van der Waals surface area contributed by atoms with Gasteiger partial charge in [-0.1, -0.05) is 20.8 Å². The Morgan fingerprint density at radius 3 is 2.79 bits per heavy atom. The Labute approximate surface area is 114 Å². The highest BCUT2D eigenvalue weighted by Crippen LogP contribution is 2.31. The Morgan fingerprint density at radius 1 is 1.47 bits per heavy atom. The van der Waals surface area contributed by atoms with Crippen molar-refractivity contribution in [3.05, 3.63) is 23.4 Å². The van der Waals surface area contributed by atoms with Gasteiger partial charge in [0, 0.05) is 18.8 Å². The second-order valence-corrected chi connectivity index (χ2v) is 6.05. The SMILES string of the molecule is CCc1cc(C(=O)O)cc(N2CCCC(C)(C)C2)n1. The predicted octanol–water partition coefficient (Wildman–Crippen LogP) is 2.97. The molecular formula is C15H22N2O2. The van der Waals surface area contributed by atoms with Crippen molar-refractivity contribution in [3.8, 4) is 0 Å². The number of pyridine rings is 1. The van der Waals surface area contributed by atoms with Crippen molar-refractivity contribution in [3.63, 3.8) is 0 Å². The number of aryl methyl sites for hydroxylation is 1. The summed E-state index contributed by atoms with van der Waals surface area (Å²) >= 11 is 0. The number of anilines is 1. The van der Waals surface area contributed by atoms with E-state index in [2.05, 4.69) is 23.7 Å². The number of carboxylic acid groups (broad SMARTS) is 1. The van der Waals surface area contributed by atoms with Gasteiger partial charge in [0.05, 0.1) is 5.56 Å². The summed E-state index contributed by atoms with van der Waals surface area (Å²) < 4.78 is 0. The summed E-state index contributed by atoms with van der Waals surface area (Å²) in [5.74, 6) is -0.0702. The lowest BCUT2D eigenvalue weighted by atomic mass is 9.84. The van der Waals surface area contributed by atoms with E-state index in [0.29, 0.717) is 5.56 Å². The molecule has 0 spiro atoms. The summed E-state index contributed by atoms with van der Waals surface area (Å²) in [6.07, 6.45) is 3.10. The topological polar surface area (TPSA) is 53.4 Å². The van der Waals surface area contributed by atoms with Gasteiger partial charge < -0.3 is 10.0 Å². The van der Waals surface area contributed by atoms with Crippen LogP contribution in [0.4, 0.5) is 5.82 Å². The first-order chi connectivity index (χ1) is 8.91. The third-order valence-corrected chi connectivity index (χ3v) is 3.70. The molecule has 1 fully saturated rings. The van der Waals surface area contributed by atoms with Crippen LogP contribution in [0.1, 0.15) is 49.7 Å². The van der Waals surface area contributed by atoms with Gasteiger partial charge in [0.2, 0.25) is 0 Å². The minimum atomic E-state index is -0.880. The van der Waals surface area contributed by atoms with Crippen LogP contribution in [0.3, 0.4) is 0 Å². The highest BCUT2D eigenvalue weighted by molar-refractivity contribution is 5.88. The van der Waals surface area contributed by atoms with Crippen LogP contribution in [0.2, 0.25) is 0 Å². The molecule has 2 rings (SSSR count). The van der Waals surface area contributed by atoms with Crippen LogP contribution in [-0.4, -0.2) is 29.1 Å². The number of hydrogen-bond donors (Lipinski definition) is 1. The first-order valence-corrected chi connectivity index (χ1v) is 6.90. The smallest absolute Gasteiger partial charge is 0.335 e. The summed E-state index contributed by atoms with van der Waals surface area (Å²) in [6.45, 7) is 8.40. The van der Waals surface area contributed by atoms with Crippen molar-refractivity contribution in [2.24, 2.45) is 5.41 Å². The van der Waals surface area contributed by atoms with Gasteiger partial charge in [-0.05, 0) is 36.8 Å². The number of carbonyl (C=O) groups is 1. The molecule has 1 N–H and O–H groups in total. The Bertz CT molecular complexity index is 483. The van der Waals surface area contributed by atoms with Gasteiger partial charge in [0.25, 0.3) is 0 Å². The molecule has 0 radical (unpaired) electrons. The number of aromatic nitrogens is 1. The molecule has 0 bridgehead atoms. The molecule has 0 aromatic carbocycles. The molecule has 1 aliphatic rings. The Balaban J connectivity index is 2.33. The molecular weight excluding hydrogens is 240 g/mol. The van der Waals surface area contributed by atoms with Crippen LogP contribution in [0, 0.1) is 5.41 Å². The zero-order chi connectivity index (χ0) is 14.0. The number of nitrogens with zero attached hydrogens (tertiary/aromatic N) is 2. The summed E-state index contributed by atoms with van der Waals surface area (Å²) in [7, 11) is 0. The lowest BCUT2D eigenvalue weighted by molar-refractivity contribution is 0.0696. The van der Waals surface area contributed by atoms with Crippen molar-refractivity contribution in [1.29, 1.82) is 0 Å². The molecule has 0 unspecified atom stereocenters. The molecule has 1 aliphatic heterocycles. The number of hydrogen-bond acceptors (Lipinski definition) is 3. The van der Waals surface area contributed by atoms with E-state index in [1.54, 1.807) is 12.1 Å². The van der Waals surface area contributed by atoms with E-state index < -0.39 is 5.97 Å². The standard InChI is InChI=1S/C15H22N2O2/c1-4-12-8-11(14(18)19)9-13(16-12)17-7-5-6-15(2,3)10-17/h8-9H,4-7,10H2,1-3H3,(H,18,19). The fourth-order valence-electron chi connectivity index (χ4n) is 2.66. The van der Waals surface area contributed by atoms with Crippen molar-refractivity contribution in [2.45, 2.75) is 40.0 Å². The molecule has 1 aromatic heterocycles. The highest BCUT2D eigenvalue weighted by atomic mass is 16.4. The normalized spacial score (nSPS) is 18.4. The summed E-state index contributed by atoms with van der Waals surface area (Å²) in [5, 5.41) is 9.18. The lowest BCUT2D eigenvalue weighted by Gasteiger charge is -2.39. The fraction of sp³-hybridized carbons (Fsp3) is 0.600. The van der Waals surface area contributed by atoms with E-state index in [1.165, 1.54) is 6.42 Å².